The molecule has 1 N–H and O–H groups in total. The first-order chi connectivity index (χ1) is 16.5. The van der Waals surface area contributed by atoms with E-state index in [-0.39, 0.29) is 18.5 Å². The molecule has 1 rings (SSSR count). The van der Waals surface area contributed by atoms with Crippen molar-refractivity contribution in [1.82, 2.24) is 9.80 Å². The number of aliphatic hydroxyl groups is 1. The molecule has 0 aromatic heterocycles. The molecule has 1 saturated carbocycles. The van der Waals surface area contributed by atoms with Crippen molar-refractivity contribution in [3.8, 4) is 0 Å². The number of rotatable bonds is 20. The van der Waals surface area contributed by atoms with Crippen molar-refractivity contribution in [2.24, 2.45) is 5.92 Å². The molecular weight excluding hydrogens is 456 g/mol. The lowest BCUT2D eigenvalue weighted by Gasteiger charge is -2.36. The normalized spacial score (nSPS) is 14.8. The predicted molar refractivity (Wildman–Crippen MR) is 137 cm³/mol. The molecule has 0 saturated heterocycles. The Morgan fingerprint density at radius 3 is 2.12 bits per heavy atom. The number of ether oxygens (including phenoxy) is 1. The zero-order valence-corrected chi connectivity index (χ0v) is 22.4. The monoisotopic (exact) mass is 504 g/mol. The summed E-state index contributed by atoms with van der Waals surface area (Å²) >= 11 is 5.07. The van der Waals surface area contributed by atoms with Gasteiger partial charge in [0.2, 0.25) is 0 Å². The Morgan fingerprint density at radius 1 is 0.853 bits per heavy atom. The first-order valence-corrected chi connectivity index (χ1v) is 13.8. The molecule has 0 radical (unpaired) electrons. The summed E-state index contributed by atoms with van der Waals surface area (Å²) in [6.07, 6.45) is 13.1. The molecule has 1 fully saturated rings. The second-order valence-corrected chi connectivity index (χ2v) is 10.2. The van der Waals surface area contributed by atoms with Gasteiger partial charge in [0.15, 0.2) is 0 Å². The lowest BCUT2D eigenvalue weighted by atomic mass is 9.94. The molecule has 0 bridgehead atoms. The van der Waals surface area contributed by atoms with Crippen LogP contribution in [0, 0.1) is 5.92 Å². The molecule has 0 aliphatic heterocycles. The minimum Gasteiger partial charge on any atom is -0.465 e. The Kier molecular flexibility index (Phi) is 18.6. The van der Waals surface area contributed by atoms with Gasteiger partial charge < -0.3 is 14.1 Å². The van der Waals surface area contributed by atoms with Gasteiger partial charge >= 0.3 is 11.9 Å². The molecule has 0 atom stereocenters. The van der Waals surface area contributed by atoms with Crippen LogP contribution in [-0.2, 0) is 18.6 Å². The average molecular weight is 505 g/mol. The number of esters is 1. The van der Waals surface area contributed by atoms with Gasteiger partial charge in [-0.15, -0.1) is 0 Å². The second-order valence-electron chi connectivity index (χ2n) is 10.0. The van der Waals surface area contributed by atoms with Crippen LogP contribution in [0.25, 0.3) is 0 Å². The summed E-state index contributed by atoms with van der Waals surface area (Å²) in [6, 6.07) is 0.655. The number of carbonyl (C=O) groups excluding carboxylic acids is 2. The van der Waals surface area contributed by atoms with Crippen LogP contribution in [0.2, 0.25) is 0 Å². The summed E-state index contributed by atoms with van der Waals surface area (Å²) < 4.78 is 9.45. The number of carbonyl (C=O) groups is 2. The van der Waals surface area contributed by atoms with E-state index in [1.54, 1.807) is 0 Å². The third-order valence-corrected chi connectivity index (χ3v) is 6.73. The smallest absolute Gasteiger partial charge is 0.324 e. The van der Waals surface area contributed by atoms with Gasteiger partial charge in [-0.2, -0.15) is 0 Å². The summed E-state index contributed by atoms with van der Waals surface area (Å²) in [7, 11) is 0. The van der Waals surface area contributed by atoms with E-state index in [1.807, 2.05) is 0 Å². The van der Waals surface area contributed by atoms with Gasteiger partial charge in [-0.05, 0) is 57.5 Å². The van der Waals surface area contributed by atoms with Crippen LogP contribution < -0.4 is 0 Å². The van der Waals surface area contributed by atoms with E-state index in [1.165, 1.54) is 32.1 Å². The molecule has 0 aromatic carbocycles. The number of unbranched alkanes of at least 4 members (excludes halogenated alkanes) is 4. The molecule has 1 aliphatic rings. The molecule has 0 amide bonds. The van der Waals surface area contributed by atoms with E-state index in [0.717, 1.165) is 64.7 Å². The van der Waals surface area contributed by atoms with E-state index in [9.17, 15) is 14.7 Å². The van der Waals surface area contributed by atoms with Crippen LogP contribution in [0.1, 0.15) is 97.3 Å². The first kappa shape index (κ1) is 31.1. The highest BCUT2D eigenvalue weighted by Crippen LogP contribution is 2.23. The molecule has 0 unspecified atom stereocenters. The highest BCUT2D eigenvalue weighted by molar-refractivity contribution is 6.13. The lowest BCUT2D eigenvalue weighted by Crippen LogP contribution is -2.43. The van der Waals surface area contributed by atoms with E-state index < -0.39 is 0 Å². The largest absolute Gasteiger partial charge is 0.465 e. The molecule has 0 aromatic rings. The zero-order valence-electron chi connectivity index (χ0n) is 21.6. The molecule has 0 heterocycles. The maximum atomic E-state index is 11.8. The third kappa shape index (κ3) is 15.9. The van der Waals surface area contributed by atoms with Gasteiger partial charge in [-0.25, -0.2) is 0 Å². The highest BCUT2D eigenvalue weighted by Gasteiger charge is 2.21. The molecule has 200 valence electrons. The van der Waals surface area contributed by atoms with E-state index in [4.69, 9.17) is 16.6 Å². The Balaban J connectivity index is 2.38. The quantitative estimate of drug-likeness (QED) is 0.186. The van der Waals surface area contributed by atoms with Crippen molar-refractivity contribution in [2.75, 3.05) is 45.9 Å². The Labute approximate surface area is 212 Å². The van der Waals surface area contributed by atoms with Crippen molar-refractivity contribution in [3.05, 3.63) is 0 Å². The fourth-order valence-corrected chi connectivity index (χ4v) is 4.66. The summed E-state index contributed by atoms with van der Waals surface area (Å²) in [5.41, 5.74) is 0. The number of nitrogens with zero attached hydrogens (tertiary/aromatic N) is 2. The Morgan fingerprint density at radius 2 is 1.50 bits per heavy atom. The molecule has 8 heteroatoms. The van der Waals surface area contributed by atoms with Crippen molar-refractivity contribution < 1.29 is 23.7 Å². The van der Waals surface area contributed by atoms with Crippen LogP contribution in [0.3, 0.4) is 0 Å². The standard InChI is InChI=1S/C26H49ClN2O5/c1-23(2)22-33-25(31)14-8-5-11-17-29(24-12-6-3-7-13-24)19-18-28(20-21-30)16-10-4-9-15-26(32)34-27/h23-24,30H,3-22H2,1-2H3. The SMILES string of the molecule is CC(C)COC(=O)CCCCCN(CCN(CCO)CCCCCC(=O)OCl)C1CCCCC1. The molecule has 0 spiro atoms. The van der Waals surface area contributed by atoms with Crippen LogP contribution >= 0.6 is 11.9 Å². The van der Waals surface area contributed by atoms with Crippen LogP contribution in [0.4, 0.5) is 0 Å². The van der Waals surface area contributed by atoms with E-state index in [2.05, 4.69) is 27.9 Å². The summed E-state index contributed by atoms with van der Waals surface area (Å²) in [5.74, 6) is -0.0606. The maximum Gasteiger partial charge on any atom is 0.324 e. The van der Waals surface area contributed by atoms with Gasteiger partial charge in [0.25, 0.3) is 0 Å². The van der Waals surface area contributed by atoms with Gasteiger partial charge in [-0.3, -0.25) is 19.4 Å². The van der Waals surface area contributed by atoms with Gasteiger partial charge in [0.1, 0.15) is 11.9 Å². The number of hydrogen-bond donors (Lipinski definition) is 1. The number of hydrogen-bond acceptors (Lipinski definition) is 7. The average Bonchev–Trinajstić information content (AvgIpc) is 2.84. The van der Waals surface area contributed by atoms with E-state index >= 15 is 0 Å². The second kappa shape index (κ2) is 20.3. The summed E-state index contributed by atoms with van der Waals surface area (Å²) in [4.78, 5) is 27.9. The first-order valence-electron chi connectivity index (χ1n) is 13.5. The zero-order chi connectivity index (χ0) is 25.0. The van der Waals surface area contributed by atoms with Crippen LogP contribution in [0.15, 0.2) is 0 Å². The molecular formula is C26H49ClN2O5. The summed E-state index contributed by atoms with van der Waals surface area (Å²) in [6.45, 7) is 9.41. The minimum absolute atomic E-state index is 0.0722. The van der Waals surface area contributed by atoms with Crippen molar-refractivity contribution in [3.63, 3.8) is 0 Å². The van der Waals surface area contributed by atoms with Crippen molar-refractivity contribution >= 4 is 23.8 Å². The minimum atomic E-state index is -0.371. The fraction of sp³-hybridized carbons (Fsp3) is 0.923. The molecule has 1 aliphatic carbocycles. The Hall–Kier alpha value is -0.890. The van der Waals surface area contributed by atoms with Crippen LogP contribution in [-0.4, -0.2) is 78.8 Å². The molecule has 7 nitrogen and oxygen atoms in total. The van der Waals surface area contributed by atoms with Gasteiger partial charge in [0, 0.05) is 38.5 Å². The highest BCUT2D eigenvalue weighted by atomic mass is 35.5. The molecule has 34 heavy (non-hydrogen) atoms. The predicted octanol–water partition coefficient (Wildman–Crippen LogP) is 4.93. The topological polar surface area (TPSA) is 79.3 Å². The fourth-order valence-electron chi connectivity index (χ4n) is 4.58. The van der Waals surface area contributed by atoms with Crippen molar-refractivity contribution in [2.45, 2.75) is 103 Å². The van der Waals surface area contributed by atoms with Crippen LogP contribution in [0.5, 0.6) is 0 Å². The summed E-state index contributed by atoms with van der Waals surface area (Å²) in [5, 5.41) is 9.50. The Bertz CT molecular complexity index is 529. The van der Waals surface area contributed by atoms with E-state index in [0.29, 0.717) is 38.0 Å². The van der Waals surface area contributed by atoms with Crippen molar-refractivity contribution in [1.29, 1.82) is 0 Å². The van der Waals surface area contributed by atoms with Gasteiger partial charge in [-0.1, -0.05) is 46.0 Å². The third-order valence-electron chi connectivity index (χ3n) is 6.56. The van der Waals surface area contributed by atoms with Gasteiger partial charge in [0.05, 0.1) is 13.2 Å². The maximum absolute atomic E-state index is 11.8. The number of aliphatic hydroxyl groups excluding tert-OH is 1. The number of halogens is 1. The lowest BCUT2D eigenvalue weighted by molar-refractivity contribution is -0.144.